The Morgan fingerprint density at radius 3 is 2.71 bits per heavy atom. The van der Waals surface area contributed by atoms with Crippen molar-refractivity contribution < 1.29 is 13.9 Å². The predicted molar refractivity (Wildman–Crippen MR) is 111 cm³/mol. The highest BCUT2D eigenvalue weighted by molar-refractivity contribution is 5.98. The Labute approximate surface area is 165 Å². The number of aryl methyl sites for hydroxylation is 2. The number of carbonyl (C=O) groups excluding carboxylic acids is 1. The quantitative estimate of drug-likeness (QED) is 0.602. The minimum absolute atomic E-state index is 0.0377. The number of allylic oxidation sites excluding steroid dienone is 1. The van der Waals surface area contributed by atoms with E-state index in [4.69, 9.17) is 9.15 Å². The first kappa shape index (κ1) is 18.4. The number of hydrogen-bond acceptors (Lipinski definition) is 3. The third kappa shape index (κ3) is 3.09. The molecule has 1 aromatic heterocycles. The normalized spacial score (nSPS) is 14.3. The van der Waals surface area contributed by atoms with Crippen LogP contribution in [0.1, 0.15) is 34.7 Å². The van der Waals surface area contributed by atoms with Gasteiger partial charge in [0.2, 0.25) is 5.91 Å². The van der Waals surface area contributed by atoms with Crippen molar-refractivity contribution in [2.45, 2.75) is 33.7 Å². The van der Waals surface area contributed by atoms with Gasteiger partial charge in [-0.05, 0) is 55.5 Å². The number of fused-ring (bicyclic) bond motifs is 2. The second kappa shape index (κ2) is 7.19. The van der Waals surface area contributed by atoms with Crippen LogP contribution in [0.25, 0.3) is 16.5 Å². The molecule has 0 saturated heterocycles. The number of furan rings is 1. The van der Waals surface area contributed by atoms with Gasteiger partial charge in [-0.15, -0.1) is 0 Å². The lowest BCUT2D eigenvalue weighted by Gasteiger charge is -2.28. The first-order chi connectivity index (χ1) is 13.5. The molecule has 1 amide bonds. The van der Waals surface area contributed by atoms with Crippen molar-refractivity contribution in [1.29, 1.82) is 0 Å². The number of ether oxygens (including phenoxy) is 1. The smallest absolute Gasteiger partial charge is 0.247 e. The second-order valence-electron chi connectivity index (χ2n) is 7.48. The number of carbonyl (C=O) groups is 1. The van der Waals surface area contributed by atoms with Gasteiger partial charge in [0.15, 0.2) is 0 Å². The third-order valence-electron chi connectivity index (χ3n) is 5.65. The molecule has 144 valence electrons. The SMILES string of the molecule is COc1c(/C(C)=C/C(=O)N2CCc3ccccc3C2)cc2c(C)coc2c1C. The van der Waals surface area contributed by atoms with Crippen molar-refractivity contribution in [1.82, 2.24) is 4.90 Å². The molecule has 2 heterocycles. The van der Waals surface area contributed by atoms with Crippen LogP contribution in [0, 0.1) is 13.8 Å². The maximum absolute atomic E-state index is 12.9. The molecule has 4 nitrogen and oxygen atoms in total. The van der Waals surface area contributed by atoms with Crippen molar-refractivity contribution in [2.24, 2.45) is 0 Å². The van der Waals surface area contributed by atoms with Gasteiger partial charge in [0.05, 0.1) is 13.4 Å². The van der Waals surface area contributed by atoms with Crippen LogP contribution in [0.5, 0.6) is 5.75 Å². The summed E-state index contributed by atoms with van der Waals surface area (Å²) in [6.07, 6.45) is 4.39. The fraction of sp³-hybridized carbons (Fsp3) is 0.292. The average Bonchev–Trinajstić information content (AvgIpc) is 3.08. The molecule has 4 heteroatoms. The summed E-state index contributed by atoms with van der Waals surface area (Å²) in [6, 6.07) is 10.4. The molecule has 1 aliphatic rings. The minimum Gasteiger partial charge on any atom is -0.496 e. The summed E-state index contributed by atoms with van der Waals surface area (Å²) in [5.41, 5.74) is 7.27. The minimum atomic E-state index is 0.0377. The van der Waals surface area contributed by atoms with Crippen LogP contribution >= 0.6 is 0 Å². The van der Waals surface area contributed by atoms with Crippen LogP contribution in [0.3, 0.4) is 0 Å². The van der Waals surface area contributed by atoms with Crippen LogP contribution in [-0.2, 0) is 17.8 Å². The lowest BCUT2D eigenvalue weighted by atomic mass is 9.97. The number of hydrogen-bond donors (Lipinski definition) is 0. The molecule has 0 N–H and O–H groups in total. The maximum atomic E-state index is 12.9. The van der Waals surface area contributed by atoms with E-state index in [-0.39, 0.29) is 5.91 Å². The number of methoxy groups -OCH3 is 1. The molecule has 3 aromatic rings. The van der Waals surface area contributed by atoms with Crippen molar-refractivity contribution >= 4 is 22.4 Å². The van der Waals surface area contributed by atoms with Gasteiger partial charge in [-0.3, -0.25) is 4.79 Å². The second-order valence-corrected chi connectivity index (χ2v) is 7.48. The average molecular weight is 375 g/mol. The molecule has 2 aromatic carbocycles. The summed E-state index contributed by atoms with van der Waals surface area (Å²) in [6.45, 7) is 7.39. The predicted octanol–water partition coefficient (Wildman–Crippen LogP) is 5.05. The molecule has 0 unspecified atom stereocenters. The summed E-state index contributed by atoms with van der Waals surface area (Å²) in [4.78, 5) is 14.9. The van der Waals surface area contributed by atoms with Crippen LogP contribution < -0.4 is 4.74 Å². The number of rotatable bonds is 3. The molecule has 0 aliphatic carbocycles. The van der Waals surface area contributed by atoms with Crippen molar-refractivity contribution in [2.75, 3.05) is 13.7 Å². The summed E-state index contributed by atoms with van der Waals surface area (Å²) < 4.78 is 11.4. The third-order valence-corrected chi connectivity index (χ3v) is 5.65. The van der Waals surface area contributed by atoms with Crippen LogP contribution in [0.2, 0.25) is 0 Å². The monoisotopic (exact) mass is 375 g/mol. The molecule has 0 bridgehead atoms. The van der Waals surface area contributed by atoms with Crippen molar-refractivity contribution in [3.8, 4) is 5.75 Å². The Hall–Kier alpha value is -3.01. The number of benzene rings is 2. The highest BCUT2D eigenvalue weighted by atomic mass is 16.5. The first-order valence-corrected chi connectivity index (χ1v) is 9.59. The van der Waals surface area contributed by atoms with Crippen LogP contribution in [-0.4, -0.2) is 24.5 Å². The van der Waals surface area contributed by atoms with E-state index in [0.717, 1.165) is 51.9 Å². The topological polar surface area (TPSA) is 42.7 Å². The van der Waals surface area contributed by atoms with E-state index < -0.39 is 0 Å². The first-order valence-electron chi connectivity index (χ1n) is 9.59. The van der Waals surface area contributed by atoms with Gasteiger partial charge in [0, 0.05) is 35.7 Å². The van der Waals surface area contributed by atoms with Gasteiger partial charge in [-0.2, -0.15) is 0 Å². The van der Waals surface area contributed by atoms with E-state index in [0.29, 0.717) is 6.54 Å². The molecular formula is C24H25NO3. The van der Waals surface area contributed by atoms with Crippen molar-refractivity contribution in [3.05, 3.63) is 70.5 Å². The van der Waals surface area contributed by atoms with E-state index in [1.807, 2.05) is 31.7 Å². The summed E-state index contributed by atoms with van der Waals surface area (Å²) >= 11 is 0. The Kier molecular flexibility index (Phi) is 4.71. The summed E-state index contributed by atoms with van der Waals surface area (Å²) in [7, 11) is 1.66. The van der Waals surface area contributed by atoms with Gasteiger partial charge in [0.1, 0.15) is 11.3 Å². The molecule has 0 saturated carbocycles. The number of amides is 1. The zero-order valence-corrected chi connectivity index (χ0v) is 16.8. The Balaban J connectivity index is 1.67. The van der Waals surface area contributed by atoms with E-state index in [2.05, 4.69) is 24.3 Å². The standard InChI is InChI=1S/C24H25NO3/c1-15(11-22(26)25-10-9-18-7-5-6-8-19(18)13-25)20-12-21-16(2)14-28-24(21)17(3)23(20)27-4/h5-8,11-12,14H,9-10,13H2,1-4H3/b15-11+. The number of nitrogens with zero attached hydrogens (tertiary/aromatic N) is 1. The highest BCUT2D eigenvalue weighted by Crippen LogP contribution is 2.37. The Morgan fingerprint density at radius 2 is 1.96 bits per heavy atom. The lowest BCUT2D eigenvalue weighted by Crippen LogP contribution is -2.34. The van der Waals surface area contributed by atoms with Crippen LogP contribution in [0.4, 0.5) is 0 Å². The molecule has 0 radical (unpaired) electrons. The fourth-order valence-electron chi connectivity index (χ4n) is 4.03. The summed E-state index contributed by atoms with van der Waals surface area (Å²) in [5, 5.41) is 1.06. The van der Waals surface area contributed by atoms with Crippen molar-refractivity contribution in [3.63, 3.8) is 0 Å². The van der Waals surface area contributed by atoms with Gasteiger partial charge in [0.25, 0.3) is 0 Å². The van der Waals surface area contributed by atoms with Gasteiger partial charge in [-0.1, -0.05) is 24.3 Å². The van der Waals surface area contributed by atoms with Gasteiger partial charge in [-0.25, -0.2) is 0 Å². The molecule has 0 atom stereocenters. The van der Waals surface area contributed by atoms with Gasteiger partial charge < -0.3 is 14.1 Å². The zero-order chi connectivity index (χ0) is 19.8. The molecule has 1 aliphatic heterocycles. The fourth-order valence-corrected chi connectivity index (χ4v) is 4.03. The molecule has 28 heavy (non-hydrogen) atoms. The zero-order valence-electron chi connectivity index (χ0n) is 16.8. The Morgan fingerprint density at radius 1 is 1.21 bits per heavy atom. The largest absolute Gasteiger partial charge is 0.496 e. The molecule has 0 fully saturated rings. The molecule has 0 spiro atoms. The Bertz CT molecular complexity index is 1090. The van der Waals surface area contributed by atoms with Gasteiger partial charge >= 0.3 is 0 Å². The lowest BCUT2D eigenvalue weighted by molar-refractivity contribution is -0.126. The molecule has 4 rings (SSSR count). The van der Waals surface area contributed by atoms with E-state index >= 15 is 0 Å². The van der Waals surface area contributed by atoms with Crippen LogP contribution in [0.15, 0.2) is 47.1 Å². The molecular weight excluding hydrogens is 350 g/mol. The van der Waals surface area contributed by atoms with E-state index in [9.17, 15) is 4.79 Å². The van der Waals surface area contributed by atoms with E-state index in [1.54, 1.807) is 19.4 Å². The summed E-state index contributed by atoms with van der Waals surface area (Å²) in [5.74, 6) is 0.795. The maximum Gasteiger partial charge on any atom is 0.247 e. The van der Waals surface area contributed by atoms with E-state index in [1.165, 1.54) is 11.1 Å². The highest BCUT2D eigenvalue weighted by Gasteiger charge is 2.21.